The zero-order valence-electron chi connectivity index (χ0n) is 18.6. The molecule has 0 saturated carbocycles. The van der Waals surface area contributed by atoms with E-state index >= 15 is 0 Å². The van der Waals surface area contributed by atoms with Gasteiger partial charge in [0, 0.05) is 38.8 Å². The maximum absolute atomic E-state index is 12.5. The van der Waals surface area contributed by atoms with Crippen LogP contribution in [0.5, 0.6) is 0 Å². The summed E-state index contributed by atoms with van der Waals surface area (Å²) in [5, 5.41) is 16.8. The molecule has 1 aromatic heterocycles. The number of nitrogens with one attached hydrogen (secondary N) is 2. The van der Waals surface area contributed by atoms with Gasteiger partial charge in [-0.2, -0.15) is 0 Å². The van der Waals surface area contributed by atoms with E-state index in [1.165, 1.54) is 0 Å². The number of carbonyl (C=O) groups excluding carboxylic acids is 2. The van der Waals surface area contributed by atoms with Gasteiger partial charge in [-0.05, 0) is 48.5 Å². The van der Waals surface area contributed by atoms with E-state index in [-0.39, 0.29) is 5.91 Å². The highest BCUT2D eigenvalue weighted by Gasteiger charge is 2.12. The lowest BCUT2D eigenvalue weighted by Crippen LogP contribution is -2.11. The summed E-state index contributed by atoms with van der Waals surface area (Å²) >= 11 is 0. The summed E-state index contributed by atoms with van der Waals surface area (Å²) in [6.45, 7) is 0. The lowest BCUT2D eigenvalue weighted by molar-refractivity contribution is 0.0997. The lowest BCUT2D eigenvalue weighted by Gasteiger charge is -2.12. The summed E-state index contributed by atoms with van der Waals surface area (Å²) < 4.78 is 0. The van der Waals surface area contributed by atoms with Crippen molar-refractivity contribution in [2.24, 2.45) is 5.73 Å². The van der Waals surface area contributed by atoms with Crippen molar-refractivity contribution in [1.29, 1.82) is 0 Å². The number of para-hydroxylation sites is 1. The second-order valence-electron chi connectivity index (χ2n) is 7.91. The fourth-order valence-electron chi connectivity index (χ4n) is 3.77. The van der Waals surface area contributed by atoms with Crippen LogP contribution in [0.2, 0.25) is 0 Å². The minimum Gasteiger partial charge on any atom is -0.366 e. The molecule has 7 nitrogen and oxygen atoms in total. The molecular weight excluding hydrogens is 438 g/mol. The van der Waals surface area contributed by atoms with Crippen molar-refractivity contribution < 1.29 is 9.59 Å². The molecule has 4 aromatic carbocycles. The van der Waals surface area contributed by atoms with Gasteiger partial charge in [-0.25, -0.2) is 0 Å². The van der Waals surface area contributed by atoms with Gasteiger partial charge < -0.3 is 16.4 Å². The third-order valence-electron chi connectivity index (χ3n) is 5.57. The van der Waals surface area contributed by atoms with Crippen molar-refractivity contribution in [3.8, 4) is 11.3 Å². The molecule has 0 atom stereocenters. The molecule has 35 heavy (non-hydrogen) atoms. The number of amides is 2. The minimum absolute atomic E-state index is 0.181. The van der Waals surface area contributed by atoms with Gasteiger partial charge in [0.15, 0.2) is 5.82 Å². The number of primary amides is 1. The van der Waals surface area contributed by atoms with E-state index in [2.05, 4.69) is 20.8 Å². The third kappa shape index (κ3) is 4.69. The maximum atomic E-state index is 12.5. The fourth-order valence-corrected chi connectivity index (χ4v) is 3.77. The topological polar surface area (TPSA) is 110 Å². The summed E-state index contributed by atoms with van der Waals surface area (Å²) in [7, 11) is 0. The molecule has 0 unspecified atom stereocenters. The molecule has 0 fully saturated rings. The Morgan fingerprint density at radius 1 is 0.629 bits per heavy atom. The summed E-state index contributed by atoms with van der Waals surface area (Å²) in [6, 6.07) is 31.3. The molecule has 0 bridgehead atoms. The maximum Gasteiger partial charge on any atom is 0.255 e. The molecule has 1 heterocycles. The predicted molar refractivity (Wildman–Crippen MR) is 138 cm³/mol. The van der Waals surface area contributed by atoms with E-state index in [0.29, 0.717) is 22.6 Å². The van der Waals surface area contributed by atoms with Gasteiger partial charge >= 0.3 is 0 Å². The second kappa shape index (κ2) is 9.44. The predicted octanol–water partition coefficient (Wildman–Crippen LogP) is 5.39. The van der Waals surface area contributed by atoms with E-state index in [9.17, 15) is 9.59 Å². The molecule has 4 N–H and O–H groups in total. The number of nitrogens with zero attached hydrogens (tertiary/aromatic N) is 2. The molecule has 0 saturated heterocycles. The smallest absolute Gasteiger partial charge is 0.255 e. The monoisotopic (exact) mass is 459 g/mol. The van der Waals surface area contributed by atoms with Crippen LogP contribution >= 0.6 is 0 Å². The number of anilines is 3. The number of carbonyl (C=O) groups is 2. The van der Waals surface area contributed by atoms with Crippen LogP contribution in [0.15, 0.2) is 103 Å². The molecule has 0 radical (unpaired) electrons. The van der Waals surface area contributed by atoms with Crippen LogP contribution in [0.1, 0.15) is 20.7 Å². The van der Waals surface area contributed by atoms with Gasteiger partial charge in [0.1, 0.15) is 5.69 Å². The Balaban J connectivity index is 1.39. The zero-order chi connectivity index (χ0) is 24.2. The van der Waals surface area contributed by atoms with Gasteiger partial charge in [0.05, 0.1) is 0 Å². The lowest BCUT2D eigenvalue weighted by atomic mass is 10.0. The Hall–Kier alpha value is -5.04. The summed E-state index contributed by atoms with van der Waals surface area (Å²) in [6.07, 6.45) is 0. The average Bonchev–Trinajstić information content (AvgIpc) is 2.90. The van der Waals surface area contributed by atoms with Crippen molar-refractivity contribution in [2.75, 3.05) is 10.6 Å². The molecule has 5 rings (SSSR count). The highest BCUT2D eigenvalue weighted by molar-refractivity contribution is 6.05. The number of benzene rings is 4. The number of aromatic nitrogens is 2. The van der Waals surface area contributed by atoms with Crippen molar-refractivity contribution in [1.82, 2.24) is 10.2 Å². The molecule has 2 amide bonds. The van der Waals surface area contributed by atoms with Gasteiger partial charge in [0.2, 0.25) is 5.91 Å². The molecule has 5 aromatic rings. The Kier molecular flexibility index (Phi) is 5.88. The fraction of sp³-hybridized carbons (Fsp3) is 0. The van der Waals surface area contributed by atoms with Crippen molar-refractivity contribution >= 4 is 39.8 Å². The standard InChI is InChI=1S/C28H21N5O2/c29-26(34)19-12-10-18(11-13-19)25-23-8-4-5-9-24(23)27(33-32-25)30-22-16-14-20(15-17-22)28(35)31-21-6-2-1-3-7-21/h1-17H,(H2,29,34)(H,30,33)(H,31,35). The number of hydrogen-bond acceptors (Lipinski definition) is 5. The number of fused-ring (bicyclic) bond motifs is 1. The number of nitrogens with two attached hydrogens (primary N) is 1. The summed E-state index contributed by atoms with van der Waals surface area (Å²) in [5.41, 5.74) is 9.39. The van der Waals surface area contributed by atoms with Crippen molar-refractivity contribution in [2.45, 2.75) is 0 Å². The van der Waals surface area contributed by atoms with Crippen LogP contribution in [0, 0.1) is 0 Å². The molecule has 0 aliphatic carbocycles. The Morgan fingerprint density at radius 3 is 1.94 bits per heavy atom. The Labute approximate surface area is 201 Å². The molecule has 170 valence electrons. The molecule has 0 aliphatic rings. The van der Waals surface area contributed by atoms with Crippen LogP contribution < -0.4 is 16.4 Å². The van der Waals surface area contributed by atoms with Crippen LogP contribution in [0.4, 0.5) is 17.2 Å². The van der Waals surface area contributed by atoms with Crippen LogP contribution in [-0.4, -0.2) is 22.0 Å². The van der Waals surface area contributed by atoms with E-state index in [1.54, 1.807) is 24.3 Å². The highest BCUT2D eigenvalue weighted by atomic mass is 16.2. The second-order valence-corrected chi connectivity index (χ2v) is 7.91. The SMILES string of the molecule is NC(=O)c1ccc(-c2nnc(Nc3ccc(C(=O)Nc4ccccc4)cc3)c3ccccc23)cc1. The van der Waals surface area contributed by atoms with Gasteiger partial charge in [-0.1, -0.05) is 54.6 Å². The largest absolute Gasteiger partial charge is 0.366 e. The number of hydrogen-bond donors (Lipinski definition) is 3. The minimum atomic E-state index is -0.476. The summed E-state index contributed by atoms with van der Waals surface area (Å²) in [4.78, 5) is 23.9. The van der Waals surface area contributed by atoms with Crippen LogP contribution in [0.25, 0.3) is 22.0 Å². The zero-order valence-corrected chi connectivity index (χ0v) is 18.6. The molecule has 0 aliphatic heterocycles. The molecule has 0 spiro atoms. The summed E-state index contributed by atoms with van der Waals surface area (Å²) in [5.74, 6) is -0.0603. The molecule has 7 heteroatoms. The third-order valence-corrected chi connectivity index (χ3v) is 5.57. The Morgan fingerprint density at radius 2 is 1.26 bits per heavy atom. The van der Waals surface area contributed by atoms with E-state index in [1.807, 2.05) is 78.9 Å². The Bertz CT molecular complexity index is 1520. The van der Waals surface area contributed by atoms with Gasteiger partial charge in [-0.15, -0.1) is 10.2 Å². The van der Waals surface area contributed by atoms with Gasteiger partial charge in [0.25, 0.3) is 5.91 Å². The number of rotatable bonds is 6. The normalized spacial score (nSPS) is 10.6. The van der Waals surface area contributed by atoms with Crippen LogP contribution in [0.3, 0.4) is 0 Å². The first-order chi connectivity index (χ1) is 17.1. The van der Waals surface area contributed by atoms with E-state index < -0.39 is 5.91 Å². The van der Waals surface area contributed by atoms with E-state index in [4.69, 9.17) is 5.73 Å². The average molecular weight is 460 g/mol. The quantitative estimate of drug-likeness (QED) is 0.315. The highest BCUT2D eigenvalue weighted by Crippen LogP contribution is 2.31. The first kappa shape index (κ1) is 21.8. The first-order valence-corrected chi connectivity index (χ1v) is 11.0. The van der Waals surface area contributed by atoms with Crippen LogP contribution in [-0.2, 0) is 0 Å². The first-order valence-electron chi connectivity index (χ1n) is 11.0. The van der Waals surface area contributed by atoms with Crippen molar-refractivity contribution in [3.05, 3.63) is 114 Å². The van der Waals surface area contributed by atoms with Gasteiger partial charge in [-0.3, -0.25) is 9.59 Å². The van der Waals surface area contributed by atoms with Crippen molar-refractivity contribution in [3.63, 3.8) is 0 Å². The van der Waals surface area contributed by atoms with E-state index in [0.717, 1.165) is 27.7 Å². The molecular formula is C28H21N5O2.